The van der Waals surface area contributed by atoms with Gasteiger partial charge < -0.3 is 10.6 Å². The van der Waals surface area contributed by atoms with Crippen LogP contribution in [0.25, 0.3) is 0 Å². The average Bonchev–Trinajstić information content (AvgIpc) is 2.47. The Morgan fingerprint density at radius 2 is 2.09 bits per heavy atom. The minimum absolute atomic E-state index is 0.0345. The van der Waals surface area contributed by atoms with Gasteiger partial charge in [0.1, 0.15) is 0 Å². The molecule has 0 aliphatic carbocycles. The normalized spacial score (nSPS) is 10.7. The molecule has 2 rings (SSSR count). The summed E-state index contributed by atoms with van der Waals surface area (Å²) in [7, 11) is 0. The van der Waals surface area contributed by atoms with E-state index < -0.39 is 0 Å². The lowest BCUT2D eigenvalue weighted by atomic mass is 10.1. The Labute approximate surface area is 135 Å². The molecule has 2 N–H and O–H groups in total. The molecule has 1 amide bonds. The molecular formula is C17H20ClN3O. The van der Waals surface area contributed by atoms with Crippen LogP contribution < -0.4 is 5.73 Å². The van der Waals surface area contributed by atoms with Crippen LogP contribution in [0.2, 0.25) is 5.02 Å². The van der Waals surface area contributed by atoms with Crippen LogP contribution >= 0.6 is 11.6 Å². The molecule has 5 heteroatoms. The molecule has 0 aliphatic heterocycles. The van der Waals surface area contributed by atoms with Gasteiger partial charge in [0.2, 0.25) is 5.91 Å². The minimum atomic E-state index is 0.0345. The first-order chi connectivity index (χ1) is 10.5. The highest BCUT2D eigenvalue weighted by atomic mass is 35.5. The van der Waals surface area contributed by atoms with Crippen LogP contribution in [0, 0.1) is 0 Å². The number of pyridine rings is 1. The number of hydrogen-bond donors (Lipinski definition) is 1. The van der Waals surface area contributed by atoms with Crippen molar-refractivity contribution in [3.63, 3.8) is 0 Å². The number of benzene rings is 1. The van der Waals surface area contributed by atoms with E-state index in [1.54, 1.807) is 18.3 Å². The first-order valence-electron chi connectivity index (χ1n) is 7.20. The fourth-order valence-electron chi connectivity index (χ4n) is 2.19. The van der Waals surface area contributed by atoms with E-state index in [4.69, 9.17) is 17.3 Å². The van der Waals surface area contributed by atoms with Gasteiger partial charge >= 0.3 is 0 Å². The van der Waals surface area contributed by atoms with Crippen molar-refractivity contribution >= 4 is 23.2 Å². The number of nitrogens with two attached hydrogens (primary N) is 1. The van der Waals surface area contributed by atoms with Crippen molar-refractivity contribution < 1.29 is 4.79 Å². The van der Waals surface area contributed by atoms with Gasteiger partial charge in [-0.2, -0.15) is 0 Å². The quantitative estimate of drug-likeness (QED) is 0.920. The average molecular weight is 318 g/mol. The van der Waals surface area contributed by atoms with Crippen molar-refractivity contribution in [1.82, 2.24) is 9.88 Å². The van der Waals surface area contributed by atoms with Crippen LogP contribution in [0.5, 0.6) is 0 Å². The maximum atomic E-state index is 12.6. The number of halogens is 1. The molecule has 0 bridgehead atoms. The SMILES string of the molecule is CC(C)N(Cc1cccc(Cl)c1)C(=O)Cc1ccc(N)cn1. The zero-order valence-corrected chi connectivity index (χ0v) is 13.5. The molecule has 0 radical (unpaired) electrons. The fraction of sp³-hybridized carbons (Fsp3) is 0.294. The van der Waals surface area contributed by atoms with Crippen molar-refractivity contribution in [2.75, 3.05) is 5.73 Å². The molecule has 116 valence electrons. The maximum Gasteiger partial charge on any atom is 0.229 e. The Kier molecular flexibility index (Phi) is 5.39. The summed E-state index contributed by atoms with van der Waals surface area (Å²) < 4.78 is 0. The summed E-state index contributed by atoms with van der Waals surface area (Å²) in [6.45, 7) is 4.53. The predicted octanol–water partition coefficient (Wildman–Crippen LogP) is 3.30. The number of nitrogens with zero attached hydrogens (tertiary/aromatic N) is 2. The Morgan fingerprint density at radius 3 is 2.68 bits per heavy atom. The Morgan fingerprint density at radius 1 is 1.32 bits per heavy atom. The molecule has 0 atom stereocenters. The van der Waals surface area contributed by atoms with E-state index in [1.165, 1.54) is 0 Å². The van der Waals surface area contributed by atoms with Crippen LogP contribution in [-0.4, -0.2) is 21.8 Å². The molecule has 0 fully saturated rings. The van der Waals surface area contributed by atoms with Crippen LogP contribution in [0.4, 0.5) is 5.69 Å². The van der Waals surface area contributed by atoms with Gasteiger partial charge in [-0.25, -0.2) is 0 Å². The van der Waals surface area contributed by atoms with Gasteiger partial charge in [0, 0.05) is 23.3 Å². The standard InChI is InChI=1S/C17H20ClN3O/c1-12(2)21(11-13-4-3-5-14(18)8-13)17(22)9-16-7-6-15(19)10-20-16/h3-8,10,12H,9,11,19H2,1-2H3. The molecular weight excluding hydrogens is 298 g/mol. The van der Waals surface area contributed by atoms with Crippen molar-refractivity contribution in [3.8, 4) is 0 Å². The van der Waals surface area contributed by atoms with Crippen LogP contribution in [-0.2, 0) is 17.8 Å². The Balaban J connectivity index is 2.10. The molecule has 0 spiro atoms. The van der Waals surface area contributed by atoms with Crippen molar-refractivity contribution in [2.24, 2.45) is 0 Å². The highest BCUT2D eigenvalue weighted by Crippen LogP contribution is 2.15. The van der Waals surface area contributed by atoms with Gasteiger partial charge in [-0.1, -0.05) is 23.7 Å². The van der Waals surface area contributed by atoms with Crippen LogP contribution in [0.3, 0.4) is 0 Å². The van der Waals surface area contributed by atoms with Crippen molar-refractivity contribution in [1.29, 1.82) is 0 Å². The first-order valence-corrected chi connectivity index (χ1v) is 7.58. The molecule has 2 aromatic rings. The van der Waals surface area contributed by atoms with Crippen LogP contribution in [0.15, 0.2) is 42.6 Å². The predicted molar refractivity (Wildman–Crippen MR) is 89.5 cm³/mol. The third kappa shape index (κ3) is 4.46. The van der Waals surface area contributed by atoms with E-state index in [-0.39, 0.29) is 18.4 Å². The summed E-state index contributed by atoms with van der Waals surface area (Å²) in [4.78, 5) is 18.6. The second kappa shape index (κ2) is 7.27. The molecule has 1 aromatic carbocycles. The van der Waals surface area contributed by atoms with E-state index in [2.05, 4.69) is 4.98 Å². The number of rotatable bonds is 5. The summed E-state index contributed by atoms with van der Waals surface area (Å²) in [6, 6.07) is 11.2. The number of carbonyl (C=O) groups is 1. The van der Waals surface area contributed by atoms with E-state index in [0.29, 0.717) is 17.3 Å². The summed E-state index contributed by atoms with van der Waals surface area (Å²) in [5.41, 5.74) is 7.94. The number of carbonyl (C=O) groups excluding carboxylic acids is 1. The maximum absolute atomic E-state index is 12.6. The molecule has 0 unspecified atom stereocenters. The van der Waals surface area contributed by atoms with Gasteiger partial charge in [0.05, 0.1) is 18.3 Å². The highest BCUT2D eigenvalue weighted by Gasteiger charge is 2.18. The molecule has 0 saturated carbocycles. The summed E-state index contributed by atoms with van der Waals surface area (Å²) in [5.74, 6) is 0.0345. The lowest BCUT2D eigenvalue weighted by molar-refractivity contribution is -0.132. The zero-order chi connectivity index (χ0) is 16.1. The van der Waals surface area contributed by atoms with Crippen molar-refractivity contribution in [2.45, 2.75) is 32.9 Å². The highest BCUT2D eigenvalue weighted by molar-refractivity contribution is 6.30. The van der Waals surface area contributed by atoms with Gasteiger partial charge in [-0.3, -0.25) is 9.78 Å². The molecule has 0 saturated heterocycles. The minimum Gasteiger partial charge on any atom is -0.397 e. The third-order valence-electron chi connectivity index (χ3n) is 3.37. The first kappa shape index (κ1) is 16.3. The smallest absolute Gasteiger partial charge is 0.229 e. The summed E-state index contributed by atoms with van der Waals surface area (Å²) >= 11 is 6.01. The van der Waals surface area contributed by atoms with E-state index in [9.17, 15) is 4.79 Å². The molecule has 4 nitrogen and oxygen atoms in total. The Hall–Kier alpha value is -2.07. The van der Waals surface area contributed by atoms with E-state index in [1.807, 2.05) is 43.0 Å². The van der Waals surface area contributed by atoms with Crippen molar-refractivity contribution in [3.05, 3.63) is 58.9 Å². The molecule has 0 aliphatic rings. The van der Waals surface area contributed by atoms with Gasteiger partial charge in [-0.15, -0.1) is 0 Å². The second-order valence-electron chi connectivity index (χ2n) is 5.50. The monoisotopic (exact) mass is 317 g/mol. The third-order valence-corrected chi connectivity index (χ3v) is 3.60. The second-order valence-corrected chi connectivity index (χ2v) is 5.94. The number of nitrogen functional groups attached to an aromatic ring is 1. The van der Waals surface area contributed by atoms with Gasteiger partial charge in [0.15, 0.2) is 0 Å². The zero-order valence-electron chi connectivity index (χ0n) is 12.8. The number of amides is 1. The topological polar surface area (TPSA) is 59.2 Å². The molecule has 1 aromatic heterocycles. The van der Waals surface area contributed by atoms with Crippen LogP contribution in [0.1, 0.15) is 25.1 Å². The number of hydrogen-bond acceptors (Lipinski definition) is 3. The van der Waals surface area contributed by atoms with Gasteiger partial charge in [0.25, 0.3) is 0 Å². The van der Waals surface area contributed by atoms with Gasteiger partial charge in [-0.05, 0) is 43.7 Å². The fourth-order valence-corrected chi connectivity index (χ4v) is 2.40. The molecule has 1 heterocycles. The van der Waals surface area contributed by atoms with E-state index >= 15 is 0 Å². The molecule has 22 heavy (non-hydrogen) atoms. The lowest BCUT2D eigenvalue weighted by Gasteiger charge is -2.27. The largest absolute Gasteiger partial charge is 0.397 e. The number of anilines is 1. The summed E-state index contributed by atoms with van der Waals surface area (Å²) in [5, 5.41) is 0.675. The summed E-state index contributed by atoms with van der Waals surface area (Å²) in [6.07, 6.45) is 1.83. The lowest BCUT2D eigenvalue weighted by Crippen LogP contribution is -2.37. The Bertz CT molecular complexity index is 641. The number of aromatic nitrogens is 1. The van der Waals surface area contributed by atoms with E-state index in [0.717, 1.165) is 11.3 Å².